The lowest BCUT2D eigenvalue weighted by Crippen LogP contribution is -2.33. The maximum Gasteiger partial charge on any atom is 0.278 e. The molecule has 9 heteroatoms. The van der Waals surface area contributed by atoms with Crippen molar-refractivity contribution in [3.63, 3.8) is 0 Å². The van der Waals surface area contributed by atoms with Crippen LogP contribution in [0.15, 0.2) is 60.0 Å². The highest BCUT2D eigenvalue weighted by Crippen LogP contribution is 2.30. The summed E-state index contributed by atoms with van der Waals surface area (Å²) in [6, 6.07) is 12.0. The summed E-state index contributed by atoms with van der Waals surface area (Å²) in [4.78, 5) is 41.5. The van der Waals surface area contributed by atoms with Crippen molar-refractivity contribution in [3.8, 4) is 5.82 Å². The monoisotopic (exact) mass is 525 g/mol. The summed E-state index contributed by atoms with van der Waals surface area (Å²) in [5.74, 6) is 1.20. The van der Waals surface area contributed by atoms with E-state index in [1.165, 1.54) is 11.1 Å². The zero-order valence-electron chi connectivity index (χ0n) is 23.2. The van der Waals surface area contributed by atoms with Gasteiger partial charge < -0.3 is 10.2 Å². The zero-order valence-corrected chi connectivity index (χ0v) is 23.2. The average Bonchev–Trinajstić information content (AvgIpc) is 3.18. The van der Waals surface area contributed by atoms with Crippen molar-refractivity contribution < 1.29 is 4.79 Å². The summed E-state index contributed by atoms with van der Waals surface area (Å²) in [5.41, 5.74) is 4.31. The fourth-order valence-electron chi connectivity index (χ4n) is 5.11. The van der Waals surface area contributed by atoms with Gasteiger partial charge in [-0.05, 0) is 54.7 Å². The summed E-state index contributed by atoms with van der Waals surface area (Å²) in [6.45, 7) is 10.4. The Morgan fingerprint density at radius 2 is 1.97 bits per heavy atom. The number of rotatable bonds is 6. The van der Waals surface area contributed by atoms with Crippen molar-refractivity contribution in [1.82, 2.24) is 29.2 Å². The molecule has 0 aliphatic heterocycles. The fraction of sp³-hybridized carbons (Fsp3) is 0.367. The molecule has 1 aliphatic rings. The molecule has 1 aromatic carbocycles. The number of carbonyl (C=O) groups excluding carboxylic acids is 1. The first kappa shape index (κ1) is 26.3. The minimum atomic E-state index is -0.199. The molecule has 1 unspecified atom stereocenters. The highest BCUT2D eigenvalue weighted by Gasteiger charge is 2.26. The number of amides is 1. The van der Waals surface area contributed by atoms with Crippen LogP contribution in [0.4, 0.5) is 11.6 Å². The molecule has 0 saturated carbocycles. The van der Waals surface area contributed by atoms with Crippen molar-refractivity contribution >= 4 is 28.6 Å². The van der Waals surface area contributed by atoms with E-state index in [0.29, 0.717) is 29.3 Å². The Bertz CT molecular complexity index is 1620. The summed E-state index contributed by atoms with van der Waals surface area (Å²) < 4.78 is 3.32. The smallest absolute Gasteiger partial charge is 0.278 e. The van der Waals surface area contributed by atoms with E-state index in [-0.39, 0.29) is 22.8 Å². The molecular weight excluding hydrogens is 490 g/mol. The molecule has 3 heterocycles. The summed E-state index contributed by atoms with van der Waals surface area (Å²) in [5, 5.41) is 3.72. The number of fused-ring (bicyclic) bond motifs is 2. The van der Waals surface area contributed by atoms with E-state index >= 15 is 0 Å². The molecule has 1 atom stereocenters. The Kier molecular flexibility index (Phi) is 6.84. The van der Waals surface area contributed by atoms with Gasteiger partial charge in [-0.3, -0.25) is 9.59 Å². The minimum Gasteiger partial charge on any atom is -0.349 e. The van der Waals surface area contributed by atoms with Crippen LogP contribution in [-0.4, -0.2) is 49.2 Å². The minimum absolute atomic E-state index is 0.0266. The van der Waals surface area contributed by atoms with Gasteiger partial charge in [-0.15, -0.1) is 6.58 Å². The van der Waals surface area contributed by atoms with Crippen molar-refractivity contribution in [2.75, 3.05) is 19.4 Å². The molecular formula is C30H35N7O2. The van der Waals surface area contributed by atoms with Gasteiger partial charge in [0.05, 0.1) is 6.54 Å². The number of pyridine rings is 1. The second-order valence-electron chi connectivity index (χ2n) is 11.3. The molecule has 4 aromatic rings. The Morgan fingerprint density at radius 1 is 1.18 bits per heavy atom. The third kappa shape index (κ3) is 5.08. The van der Waals surface area contributed by atoms with E-state index in [9.17, 15) is 9.59 Å². The predicted molar refractivity (Wildman–Crippen MR) is 154 cm³/mol. The molecule has 5 rings (SSSR count). The molecule has 3 aromatic heterocycles. The van der Waals surface area contributed by atoms with Gasteiger partial charge >= 0.3 is 0 Å². The molecule has 0 fully saturated rings. The number of anilines is 2. The number of allylic oxidation sites excluding steroid dienone is 1. The number of hydrogen-bond acceptors (Lipinski definition) is 6. The van der Waals surface area contributed by atoms with Crippen LogP contribution in [0.1, 0.15) is 44.0 Å². The van der Waals surface area contributed by atoms with Gasteiger partial charge in [0.2, 0.25) is 11.9 Å². The average molecular weight is 526 g/mol. The first-order valence-electron chi connectivity index (χ1n) is 13.2. The molecule has 0 radical (unpaired) electrons. The largest absolute Gasteiger partial charge is 0.349 e. The maximum atomic E-state index is 13.3. The Labute approximate surface area is 228 Å². The first-order chi connectivity index (χ1) is 18.6. The SMILES string of the molecule is C=CCn1c(=O)c2cnc(Nc3ccc4c(c3)CCC(C(=O)N(C)C)C4)nc2n1-c1cccc(C(C)(C)C)n1. The first-order valence-corrected chi connectivity index (χ1v) is 13.2. The molecule has 0 bridgehead atoms. The molecule has 1 aliphatic carbocycles. The highest BCUT2D eigenvalue weighted by atomic mass is 16.2. The molecule has 9 nitrogen and oxygen atoms in total. The van der Waals surface area contributed by atoms with Crippen LogP contribution < -0.4 is 10.9 Å². The summed E-state index contributed by atoms with van der Waals surface area (Å²) >= 11 is 0. The van der Waals surface area contributed by atoms with E-state index in [1.54, 1.807) is 26.5 Å². The highest BCUT2D eigenvalue weighted by molar-refractivity contribution is 5.79. The molecule has 39 heavy (non-hydrogen) atoms. The van der Waals surface area contributed by atoms with Crippen LogP contribution in [0, 0.1) is 5.92 Å². The fourth-order valence-corrected chi connectivity index (χ4v) is 5.11. The molecule has 1 amide bonds. The van der Waals surface area contributed by atoms with Crippen molar-refractivity contribution in [2.24, 2.45) is 5.92 Å². The van der Waals surface area contributed by atoms with Crippen LogP contribution >= 0.6 is 0 Å². The number of hydrogen-bond donors (Lipinski definition) is 1. The van der Waals surface area contributed by atoms with Gasteiger partial charge in [-0.2, -0.15) is 4.98 Å². The van der Waals surface area contributed by atoms with Crippen LogP contribution in [0.5, 0.6) is 0 Å². The second-order valence-corrected chi connectivity index (χ2v) is 11.3. The molecule has 1 N–H and O–H groups in total. The van der Waals surface area contributed by atoms with Gasteiger partial charge in [-0.25, -0.2) is 19.3 Å². The zero-order chi connectivity index (χ0) is 27.9. The number of benzene rings is 1. The van der Waals surface area contributed by atoms with Gasteiger partial charge in [0, 0.05) is 43.0 Å². The summed E-state index contributed by atoms with van der Waals surface area (Å²) in [7, 11) is 3.62. The number of aryl methyl sites for hydroxylation is 1. The Morgan fingerprint density at radius 3 is 2.69 bits per heavy atom. The number of carbonyl (C=O) groups is 1. The van der Waals surface area contributed by atoms with E-state index in [1.807, 2.05) is 38.4 Å². The number of nitrogens with zero attached hydrogens (tertiary/aromatic N) is 6. The van der Waals surface area contributed by atoms with E-state index in [0.717, 1.165) is 30.6 Å². The lowest BCUT2D eigenvalue weighted by molar-refractivity contribution is -0.133. The maximum absolute atomic E-state index is 13.3. The molecule has 0 spiro atoms. The van der Waals surface area contributed by atoms with Crippen LogP contribution in [0.3, 0.4) is 0 Å². The standard InChI is InChI=1S/C30H35N7O2/c1-7-15-36-28(39)23-18-31-29(34-26(23)37(36)25-10-8-9-24(33-25)30(2,3)4)32-22-14-13-19-16-21(27(38)35(5)6)12-11-20(19)17-22/h7-10,13-14,17-18,21H,1,11-12,15-16H2,2-6H3,(H,31,32,34). The third-order valence-corrected chi connectivity index (χ3v) is 7.18. The van der Waals surface area contributed by atoms with Crippen molar-refractivity contribution in [1.29, 1.82) is 0 Å². The van der Waals surface area contributed by atoms with Gasteiger partial charge in [0.15, 0.2) is 11.5 Å². The quantitative estimate of drug-likeness (QED) is 0.375. The van der Waals surface area contributed by atoms with E-state index in [2.05, 4.69) is 49.8 Å². The Hall–Kier alpha value is -4.27. The third-order valence-electron chi connectivity index (χ3n) is 7.18. The van der Waals surface area contributed by atoms with Crippen molar-refractivity contribution in [2.45, 2.75) is 52.0 Å². The normalized spacial score (nSPS) is 15.2. The second kappa shape index (κ2) is 10.1. The number of aromatic nitrogens is 5. The lowest BCUT2D eigenvalue weighted by Gasteiger charge is -2.26. The van der Waals surface area contributed by atoms with Crippen LogP contribution in [0.2, 0.25) is 0 Å². The van der Waals surface area contributed by atoms with Gasteiger partial charge in [0.1, 0.15) is 5.39 Å². The van der Waals surface area contributed by atoms with Crippen molar-refractivity contribution in [3.05, 3.63) is 82.4 Å². The number of nitrogens with one attached hydrogen (secondary N) is 1. The van der Waals surface area contributed by atoms with Crippen LogP contribution in [-0.2, 0) is 29.6 Å². The van der Waals surface area contributed by atoms with Gasteiger partial charge in [-0.1, -0.05) is 39.0 Å². The van der Waals surface area contributed by atoms with Crippen LogP contribution in [0.25, 0.3) is 16.9 Å². The Balaban J connectivity index is 1.51. The van der Waals surface area contributed by atoms with E-state index in [4.69, 9.17) is 9.97 Å². The lowest BCUT2D eigenvalue weighted by atomic mass is 9.83. The van der Waals surface area contributed by atoms with Gasteiger partial charge in [0.25, 0.3) is 5.56 Å². The summed E-state index contributed by atoms with van der Waals surface area (Å²) in [6.07, 6.45) is 5.67. The molecule has 0 saturated heterocycles. The molecule has 202 valence electrons. The topological polar surface area (TPSA) is 97.9 Å². The predicted octanol–water partition coefficient (Wildman–Crippen LogP) is 4.40. The van der Waals surface area contributed by atoms with E-state index < -0.39 is 0 Å².